The van der Waals surface area contributed by atoms with E-state index in [2.05, 4.69) is 0 Å². The predicted octanol–water partition coefficient (Wildman–Crippen LogP) is 5.15. The van der Waals surface area contributed by atoms with E-state index in [1.54, 1.807) is 55.5 Å². The molecule has 2 N–H and O–H groups in total. The maximum absolute atomic E-state index is 12.3. The first-order valence-corrected chi connectivity index (χ1v) is 13.6. The van der Waals surface area contributed by atoms with Gasteiger partial charge in [-0.3, -0.25) is 10.1 Å². The van der Waals surface area contributed by atoms with Gasteiger partial charge in [0.15, 0.2) is 0 Å². The van der Waals surface area contributed by atoms with Crippen LogP contribution in [0.15, 0.2) is 117 Å². The Morgan fingerprint density at radius 2 is 1.00 bits per heavy atom. The Hall–Kier alpha value is -4.02. The number of hydrogen-bond acceptors (Lipinski definition) is 7. The van der Waals surface area contributed by atoms with Crippen molar-refractivity contribution in [3.63, 3.8) is 0 Å². The maximum Gasteiger partial charge on any atom is 0.269 e. The van der Waals surface area contributed by atoms with Crippen molar-refractivity contribution in [3.8, 4) is 0 Å². The summed E-state index contributed by atoms with van der Waals surface area (Å²) in [5.41, 5.74) is 7.71. The number of nitro benzene ring substituents is 1. The van der Waals surface area contributed by atoms with Crippen LogP contribution >= 0.6 is 0 Å². The number of sulfone groups is 2. The van der Waals surface area contributed by atoms with Gasteiger partial charge in [0, 0.05) is 17.8 Å². The van der Waals surface area contributed by atoms with Crippen LogP contribution < -0.4 is 5.73 Å². The van der Waals surface area contributed by atoms with Crippen LogP contribution in [0.3, 0.4) is 0 Å². The number of aryl methyl sites for hydroxylation is 2. The summed E-state index contributed by atoms with van der Waals surface area (Å²) in [4.78, 5) is 10.8. The number of benzene rings is 4. The van der Waals surface area contributed by atoms with Crippen molar-refractivity contribution in [2.45, 2.75) is 33.4 Å². The van der Waals surface area contributed by atoms with Gasteiger partial charge in [-0.1, -0.05) is 24.3 Å². The Morgan fingerprint density at radius 1 is 0.611 bits per heavy atom. The van der Waals surface area contributed by atoms with Gasteiger partial charge in [-0.25, -0.2) is 16.8 Å². The molecule has 0 spiro atoms. The second kappa shape index (κ2) is 10.7. The highest BCUT2D eigenvalue weighted by molar-refractivity contribution is 7.91. The van der Waals surface area contributed by atoms with Gasteiger partial charge in [0.05, 0.1) is 24.5 Å². The third-order valence-electron chi connectivity index (χ3n) is 5.15. The zero-order chi connectivity index (χ0) is 26.5. The van der Waals surface area contributed by atoms with Gasteiger partial charge < -0.3 is 5.73 Å². The zero-order valence-electron chi connectivity index (χ0n) is 19.5. The average molecular weight is 525 g/mol. The van der Waals surface area contributed by atoms with Crippen molar-refractivity contribution in [2.24, 2.45) is 0 Å². The summed E-state index contributed by atoms with van der Waals surface area (Å²) in [5.74, 6) is 0. The first kappa shape index (κ1) is 26.6. The van der Waals surface area contributed by atoms with Gasteiger partial charge in [-0.2, -0.15) is 0 Å². The van der Waals surface area contributed by atoms with E-state index in [4.69, 9.17) is 5.73 Å². The molecule has 0 aromatic heterocycles. The summed E-state index contributed by atoms with van der Waals surface area (Å²) in [6, 6.07) is 24.5. The molecule has 0 aliphatic carbocycles. The second-order valence-electron chi connectivity index (χ2n) is 7.96. The monoisotopic (exact) mass is 524 g/mol. The van der Waals surface area contributed by atoms with Crippen LogP contribution in [0.1, 0.15) is 11.1 Å². The lowest BCUT2D eigenvalue weighted by atomic mass is 10.2. The predicted molar refractivity (Wildman–Crippen MR) is 137 cm³/mol. The van der Waals surface area contributed by atoms with Crippen LogP contribution in [0.2, 0.25) is 0 Å². The molecule has 0 fully saturated rings. The van der Waals surface area contributed by atoms with Gasteiger partial charge in [-0.15, -0.1) is 0 Å². The fourth-order valence-electron chi connectivity index (χ4n) is 3.23. The summed E-state index contributed by atoms with van der Waals surface area (Å²) in [7, 11) is -7.06. The van der Waals surface area contributed by atoms with Crippen molar-refractivity contribution in [2.75, 3.05) is 5.73 Å². The van der Waals surface area contributed by atoms with E-state index in [0.29, 0.717) is 10.6 Å². The van der Waals surface area contributed by atoms with Crippen LogP contribution in [0.4, 0.5) is 11.4 Å². The van der Waals surface area contributed by atoms with Gasteiger partial charge in [0.25, 0.3) is 5.69 Å². The minimum absolute atomic E-state index is 0.0451. The smallest absolute Gasteiger partial charge is 0.269 e. The molecule has 4 aromatic carbocycles. The lowest BCUT2D eigenvalue weighted by molar-refractivity contribution is -0.384. The number of nitrogens with two attached hydrogens (primary N) is 1. The van der Waals surface area contributed by atoms with E-state index in [9.17, 15) is 26.9 Å². The van der Waals surface area contributed by atoms with Crippen molar-refractivity contribution >= 4 is 31.0 Å². The van der Waals surface area contributed by atoms with E-state index in [1.807, 2.05) is 13.0 Å². The van der Waals surface area contributed by atoms with E-state index >= 15 is 0 Å². The normalized spacial score (nSPS) is 11.3. The lowest BCUT2D eigenvalue weighted by Gasteiger charge is -2.05. The number of nitrogens with zero attached hydrogens (tertiary/aromatic N) is 1. The van der Waals surface area contributed by atoms with Crippen molar-refractivity contribution in [1.29, 1.82) is 0 Å². The molecule has 0 saturated heterocycles. The van der Waals surface area contributed by atoms with Crippen LogP contribution in [-0.4, -0.2) is 21.8 Å². The zero-order valence-corrected chi connectivity index (χ0v) is 21.2. The molecule has 4 rings (SSSR count). The van der Waals surface area contributed by atoms with Crippen LogP contribution in [0.25, 0.3) is 0 Å². The summed E-state index contributed by atoms with van der Waals surface area (Å²) < 4.78 is 49.1. The van der Waals surface area contributed by atoms with Crippen molar-refractivity contribution in [3.05, 3.63) is 118 Å². The number of non-ortho nitro benzene ring substituents is 1. The third-order valence-corrected chi connectivity index (χ3v) is 8.68. The fourth-order valence-corrected chi connectivity index (χ4v) is 5.96. The molecular weight excluding hydrogens is 500 g/mol. The maximum atomic E-state index is 12.3. The molecule has 0 heterocycles. The molecule has 0 aliphatic rings. The molecule has 186 valence electrons. The first-order valence-electron chi connectivity index (χ1n) is 10.6. The largest absolute Gasteiger partial charge is 0.399 e. The molecule has 0 aliphatic heterocycles. The van der Waals surface area contributed by atoms with Crippen LogP contribution in [0, 0.1) is 24.0 Å². The topological polar surface area (TPSA) is 137 Å². The molecule has 0 bridgehead atoms. The summed E-state index contributed by atoms with van der Waals surface area (Å²) in [6.45, 7) is 3.66. The van der Waals surface area contributed by atoms with Gasteiger partial charge >= 0.3 is 0 Å². The summed E-state index contributed by atoms with van der Waals surface area (Å²) in [6.07, 6.45) is 0. The average Bonchev–Trinajstić information content (AvgIpc) is 2.85. The molecule has 4 aromatic rings. The molecule has 0 radical (unpaired) electrons. The minimum Gasteiger partial charge on any atom is -0.399 e. The van der Waals surface area contributed by atoms with Crippen LogP contribution in [-0.2, 0) is 19.7 Å². The lowest BCUT2D eigenvalue weighted by Crippen LogP contribution is -2.02. The summed E-state index contributed by atoms with van der Waals surface area (Å²) in [5, 5.41) is 10.5. The molecule has 0 unspecified atom stereocenters. The Morgan fingerprint density at radius 3 is 1.36 bits per heavy atom. The number of hydrogen-bond donors (Lipinski definition) is 1. The Bertz CT molecular complexity index is 1600. The summed E-state index contributed by atoms with van der Waals surface area (Å²) >= 11 is 0. The van der Waals surface area contributed by atoms with Gasteiger partial charge in [0.2, 0.25) is 19.7 Å². The quantitative estimate of drug-likeness (QED) is 0.217. The van der Waals surface area contributed by atoms with E-state index in [-0.39, 0.29) is 20.4 Å². The SMILES string of the molecule is Cc1cccc(S(=O)(=O)c2ccc(N)cc2)c1.Cc1cccc(S(=O)(=O)c2ccc([N+](=O)[O-])cc2)c1. The van der Waals surface area contributed by atoms with E-state index in [0.717, 1.165) is 11.1 Å². The highest BCUT2D eigenvalue weighted by atomic mass is 32.2. The third kappa shape index (κ3) is 6.15. The standard InChI is InChI=1S/C13H11NO4S.C13H13NO2S/c1-10-3-2-4-13(9-10)19(17,18)12-7-5-11(6-8-12)14(15)16;1-10-3-2-4-13(9-10)17(15,16)12-7-5-11(14)6-8-12/h2-9H,1H3;2-9H,14H2,1H3. The number of rotatable bonds is 5. The molecule has 0 amide bonds. The molecule has 8 nitrogen and oxygen atoms in total. The highest BCUT2D eigenvalue weighted by Gasteiger charge is 2.19. The molecule has 36 heavy (non-hydrogen) atoms. The molecule has 10 heteroatoms. The number of nitrogen functional groups attached to an aromatic ring is 1. The van der Waals surface area contributed by atoms with Crippen LogP contribution in [0.5, 0.6) is 0 Å². The fraction of sp³-hybridized carbons (Fsp3) is 0.0769. The molecule has 0 atom stereocenters. The molecule has 0 saturated carbocycles. The highest BCUT2D eigenvalue weighted by Crippen LogP contribution is 2.24. The van der Waals surface area contributed by atoms with Gasteiger partial charge in [-0.05, 0) is 85.6 Å². The van der Waals surface area contributed by atoms with Gasteiger partial charge in [0.1, 0.15) is 0 Å². The minimum atomic E-state index is -3.63. The van der Waals surface area contributed by atoms with E-state index < -0.39 is 24.6 Å². The molecular formula is C26H24N2O6S2. The first-order chi connectivity index (χ1) is 16.9. The second-order valence-corrected chi connectivity index (χ2v) is 11.9. The van der Waals surface area contributed by atoms with Crippen molar-refractivity contribution in [1.82, 2.24) is 0 Å². The Labute approximate surface area is 210 Å². The number of anilines is 1. The van der Waals surface area contributed by atoms with E-state index in [1.165, 1.54) is 42.5 Å². The number of nitro groups is 1. The Kier molecular flexibility index (Phi) is 7.91. The van der Waals surface area contributed by atoms with Crippen molar-refractivity contribution < 1.29 is 21.8 Å². The Balaban J connectivity index is 0.000000202.